The van der Waals surface area contributed by atoms with Crippen LogP contribution in [0.5, 0.6) is 11.5 Å². The molecule has 0 aromatic heterocycles. The highest BCUT2D eigenvalue weighted by Crippen LogP contribution is 2.26. The number of nitrogens with zero attached hydrogens (tertiary/aromatic N) is 1. The second kappa shape index (κ2) is 11.4. The molecule has 2 aromatic rings. The van der Waals surface area contributed by atoms with Crippen molar-refractivity contribution in [3.8, 4) is 11.5 Å². The monoisotopic (exact) mass is 434 g/mol. The molecular weight excluding hydrogens is 404 g/mol. The van der Waals surface area contributed by atoms with E-state index in [1.807, 2.05) is 38.1 Å². The Morgan fingerprint density at radius 2 is 1.73 bits per heavy atom. The standard InChI is InChI=1S/C21H30N4O4S/c1-5-23-21(24-14-16(2)29-20-9-7-6-8-19(20)28-4)25-15-17-10-12-18(13-11-17)30(26,27)22-3/h6-13,16,22H,5,14-15H2,1-4H3,(H2,23,24,25). The lowest BCUT2D eigenvalue weighted by Gasteiger charge is -2.19. The summed E-state index contributed by atoms with van der Waals surface area (Å²) in [7, 11) is -0.435. The van der Waals surface area contributed by atoms with Gasteiger partial charge in [0.15, 0.2) is 17.5 Å². The maximum Gasteiger partial charge on any atom is 0.240 e. The first-order chi connectivity index (χ1) is 14.4. The summed E-state index contributed by atoms with van der Waals surface area (Å²) in [5, 5.41) is 6.45. The Balaban J connectivity index is 1.95. The van der Waals surface area contributed by atoms with E-state index in [2.05, 4.69) is 20.3 Å². The molecule has 0 spiro atoms. The molecule has 30 heavy (non-hydrogen) atoms. The molecule has 8 nitrogen and oxygen atoms in total. The number of sulfonamides is 1. The topological polar surface area (TPSA) is 101 Å². The zero-order chi connectivity index (χ0) is 22.0. The third kappa shape index (κ3) is 6.93. The number of para-hydroxylation sites is 2. The van der Waals surface area contributed by atoms with Gasteiger partial charge in [-0.2, -0.15) is 0 Å². The van der Waals surface area contributed by atoms with Gasteiger partial charge in [0.2, 0.25) is 10.0 Å². The Labute approximate surface area is 178 Å². The van der Waals surface area contributed by atoms with Gasteiger partial charge in [0.1, 0.15) is 6.10 Å². The average Bonchev–Trinajstić information content (AvgIpc) is 2.76. The lowest BCUT2D eigenvalue weighted by molar-refractivity contribution is 0.213. The zero-order valence-corrected chi connectivity index (χ0v) is 18.6. The fourth-order valence-electron chi connectivity index (χ4n) is 2.62. The summed E-state index contributed by atoms with van der Waals surface area (Å²) in [6.07, 6.45) is -0.115. The molecule has 3 N–H and O–H groups in total. The highest BCUT2D eigenvalue weighted by Gasteiger charge is 2.11. The first-order valence-electron chi connectivity index (χ1n) is 9.74. The van der Waals surface area contributed by atoms with Crippen LogP contribution in [0.4, 0.5) is 0 Å². The number of guanidine groups is 1. The van der Waals surface area contributed by atoms with Crippen molar-refractivity contribution in [2.45, 2.75) is 31.4 Å². The average molecular weight is 435 g/mol. The summed E-state index contributed by atoms with van der Waals surface area (Å²) in [6.45, 7) is 5.63. The second-order valence-corrected chi connectivity index (χ2v) is 8.39. The number of methoxy groups -OCH3 is 1. The predicted octanol–water partition coefficient (Wildman–Crippen LogP) is 2.13. The third-order valence-electron chi connectivity index (χ3n) is 4.22. The summed E-state index contributed by atoms with van der Waals surface area (Å²) in [6, 6.07) is 14.2. The zero-order valence-electron chi connectivity index (χ0n) is 17.8. The molecule has 2 aromatic carbocycles. The van der Waals surface area contributed by atoms with Gasteiger partial charge in [0, 0.05) is 6.54 Å². The van der Waals surface area contributed by atoms with Gasteiger partial charge < -0.3 is 20.1 Å². The van der Waals surface area contributed by atoms with E-state index >= 15 is 0 Å². The van der Waals surface area contributed by atoms with Crippen LogP contribution in [0.25, 0.3) is 0 Å². The van der Waals surface area contributed by atoms with Gasteiger partial charge >= 0.3 is 0 Å². The highest BCUT2D eigenvalue weighted by molar-refractivity contribution is 7.89. The molecule has 1 unspecified atom stereocenters. The predicted molar refractivity (Wildman–Crippen MR) is 119 cm³/mol. The Hall–Kier alpha value is -2.78. The van der Waals surface area contributed by atoms with Crippen LogP contribution < -0.4 is 24.8 Å². The number of nitrogens with one attached hydrogen (secondary N) is 3. The summed E-state index contributed by atoms with van der Waals surface area (Å²) < 4.78 is 37.2. The van der Waals surface area contributed by atoms with Gasteiger partial charge in [0.05, 0.1) is 25.1 Å². The minimum absolute atomic E-state index is 0.115. The van der Waals surface area contributed by atoms with E-state index in [1.54, 1.807) is 31.4 Å². The van der Waals surface area contributed by atoms with E-state index < -0.39 is 10.0 Å². The van der Waals surface area contributed by atoms with Crippen LogP contribution in [0.15, 0.2) is 58.4 Å². The van der Waals surface area contributed by atoms with Gasteiger partial charge in [-0.1, -0.05) is 24.3 Å². The van der Waals surface area contributed by atoms with Crippen molar-refractivity contribution in [1.29, 1.82) is 0 Å². The van der Waals surface area contributed by atoms with Crippen molar-refractivity contribution in [1.82, 2.24) is 15.4 Å². The molecule has 0 aliphatic rings. The van der Waals surface area contributed by atoms with Crippen LogP contribution in [0.3, 0.4) is 0 Å². The molecule has 0 fully saturated rings. The maximum absolute atomic E-state index is 11.8. The molecule has 164 valence electrons. The summed E-state index contributed by atoms with van der Waals surface area (Å²) in [5.74, 6) is 2.03. The van der Waals surface area contributed by atoms with E-state index in [1.165, 1.54) is 7.05 Å². The molecule has 0 aliphatic heterocycles. The van der Waals surface area contributed by atoms with Crippen LogP contribution >= 0.6 is 0 Å². The van der Waals surface area contributed by atoms with Crippen LogP contribution in [0, 0.1) is 0 Å². The van der Waals surface area contributed by atoms with Gasteiger partial charge in [-0.3, -0.25) is 0 Å². The largest absolute Gasteiger partial charge is 0.493 e. The molecule has 0 amide bonds. The molecule has 0 aliphatic carbocycles. The molecule has 2 rings (SSSR count). The lowest BCUT2D eigenvalue weighted by atomic mass is 10.2. The van der Waals surface area contributed by atoms with E-state index in [0.29, 0.717) is 37.1 Å². The smallest absolute Gasteiger partial charge is 0.240 e. The Morgan fingerprint density at radius 1 is 1.07 bits per heavy atom. The SMILES string of the molecule is CCNC(=NCc1ccc(S(=O)(=O)NC)cc1)NCC(C)Oc1ccccc1OC. The molecule has 0 saturated heterocycles. The van der Waals surface area contributed by atoms with Crippen molar-refractivity contribution in [3.05, 3.63) is 54.1 Å². The van der Waals surface area contributed by atoms with Crippen LogP contribution in [-0.4, -0.2) is 47.7 Å². The molecule has 1 atom stereocenters. The van der Waals surface area contributed by atoms with E-state index in [-0.39, 0.29) is 11.0 Å². The van der Waals surface area contributed by atoms with Gasteiger partial charge in [-0.15, -0.1) is 0 Å². The number of ether oxygens (including phenoxy) is 2. The van der Waals surface area contributed by atoms with Crippen LogP contribution in [-0.2, 0) is 16.6 Å². The second-order valence-electron chi connectivity index (χ2n) is 6.51. The van der Waals surface area contributed by atoms with Crippen molar-refractivity contribution >= 4 is 16.0 Å². The summed E-state index contributed by atoms with van der Waals surface area (Å²) in [5.41, 5.74) is 0.903. The fourth-order valence-corrected chi connectivity index (χ4v) is 3.35. The van der Waals surface area contributed by atoms with Crippen molar-refractivity contribution in [2.75, 3.05) is 27.2 Å². The molecule has 9 heteroatoms. The van der Waals surface area contributed by atoms with Crippen molar-refractivity contribution in [2.24, 2.45) is 4.99 Å². The highest BCUT2D eigenvalue weighted by atomic mass is 32.2. The number of aliphatic imine (C=N–C) groups is 1. The fraction of sp³-hybridized carbons (Fsp3) is 0.381. The molecular formula is C21H30N4O4S. The molecule has 0 radical (unpaired) electrons. The number of hydrogen-bond acceptors (Lipinski definition) is 5. The minimum atomic E-state index is -3.44. The Kier molecular flexibility index (Phi) is 8.94. The summed E-state index contributed by atoms with van der Waals surface area (Å²) >= 11 is 0. The van der Waals surface area contributed by atoms with E-state index in [0.717, 1.165) is 5.56 Å². The maximum atomic E-state index is 11.8. The van der Waals surface area contributed by atoms with Crippen LogP contribution in [0.1, 0.15) is 19.4 Å². The molecule has 0 saturated carbocycles. The first kappa shape index (κ1) is 23.5. The number of hydrogen-bond donors (Lipinski definition) is 3. The summed E-state index contributed by atoms with van der Waals surface area (Å²) in [4.78, 5) is 4.78. The van der Waals surface area contributed by atoms with Crippen molar-refractivity contribution in [3.63, 3.8) is 0 Å². The molecule has 0 bridgehead atoms. The molecule has 0 heterocycles. The van der Waals surface area contributed by atoms with Crippen LogP contribution in [0.2, 0.25) is 0 Å². The number of benzene rings is 2. The lowest BCUT2D eigenvalue weighted by Crippen LogP contribution is -2.41. The Bertz CT molecular complexity index is 930. The van der Waals surface area contributed by atoms with Crippen molar-refractivity contribution < 1.29 is 17.9 Å². The first-order valence-corrected chi connectivity index (χ1v) is 11.2. The van der Waals surface area contributed by atoms with Gasteiger partial charge in [0.25, 0.3) is 0 Å². The van der Waals surface area contributed by atoms with E-state index in [4.69, 9.17) is 9.47 Å². The Morgan fingerprint density at radius 3 is 2.33 bits per heavy atom. The van der Waals surface area contributed by atoms with Gasteiger partial charge in [-0.05, 0) is 50.7 Å². The van der Waals surface area contributed by atoms with Gasteiger partial charge in [-0.25, -0.2) is 18.1 Å². The quantitative estimate of drug-likeness (QED) is 0.391. The minimum Gasteiger partial charge on any atom is -0.493 e. The van der Waals surface area contributed by atoms with E-state index in [9.17, 15) is 8.42 Å². The normalized spacial score (nSPS) is 12.9. The number of rotatable bonds is 10. The third-order valence-corrected chi connectivity index (χ3v) is 5.65.